The van der Waals surface area contributed by atoms with Crippen molar-refractivity contribution in [2.24, 2.45) is 23.7 Å². The third-order valence-electron chi connectivity index (χ3n) is 9.29. The van der Waals surface area contributed by atoms with Gasteiger partial charge in [0.1, 0.15) is 0 Å². The van der Waals surface area contributed by atoms with Gasteiger partial charge in [-0.2, -0.15) is 0 Å². The summed E-state index contributed by atoms with van der Waals surface area (Å²) in [4.78, 5) is 0. The largest absolute Gasteiger partial charge is 0.0533 e. The predicted octanol–water partition coefficient (Wildman–Crippen LogP) is 11.4. The Kier molecular flexibility index (Phi) is 14.5. The highest BCUT2D eigenvalue weighted by atomic mass is 14.5. The van der Waals surface area contributed by atoms with Crippen LogP contribution in [0, 0.1) is 23.7 Å². The SMILES string of the molecule is C1CC1.C1CC2CC2C1.C1CC2CCCC2C1.C1CCC1.C1CCCC1.C1CCCCC1. The minimum absolute atomic E-state index is 1.18. The Morgan fingerprint density at radius 2 is 0.375 bits per heavy atom. The third-order valence-corrected chi connectivity index (χ3v) is 9.29. The van der Waals surface area contributed by atoms with Crippen molar-refractivity contribution in [3.63, 3.8) is 0 Å². The zero-order valence-electron chi connectivity index (χ0n) is 22.1. The molecule has 2 unspecified atom stereocenters. The van der Waals surface area contributed by atoms with Gasteiger partial charge in [0.25, 0.3) is 0 Å². The first-order valence-electron chi connectivity index (χ1n) is 15.9. The Labute approximate surface area is 203 Å². The van der Waals surface area contributed by atoms with Crippen molar-refractivity contribution in [3.8, 4) is 0 Å². The lowest BCUT2D eigenvalue weighted by Gasteiger charge is -2.05. The first-order chi connectivity index (χ1) is 15.9. The highest BCUT2D eigenvalue weighted by molar-refractivity contribution is 4.91. The minimum Gasteiger partial charge on any atom is -0.0533 e. The average molecular weight is 445 g/mol. The Bertz CT molecular complexity index is 358. The quantitative estimate of drug-likeness (QED) is 0.348. The maximum Gasteiger partial charge on any atom is -0.0383 e. The van der Waals surface area contributed by atoms with Crippen LogP contribution in [0.25, 0.3) is 0 Å². The van der Waals surface area contributed by atoms with E-state index in [2.05, 4.69) is 0 Å². The molecule has 8 saturated carbocycles. The molecule has 0 heterocycles. The topological polar surface area (TPSA) is 0 Å². The van der Waals surface area contributed by atoms with E-state index in [0.717, 1.165) is 0 Å². The van der Waals surface area contributed by atoms with Crippen LogP contribution in [-0.2, 0) is 0 Å². The van der Waals surface area contributed by atoms with E-state index in [9.17, 15) is 0 Å². The van der Waals surface area contributed by atoms with Crippen molar-refractivity contribution in [1.82, 2.24) is 0 Å². The fourth-order valence-electron chi connectivity index (χ4n) is 6.37. The summed E-state index contributed by atoms with van der Waals surface area (Å²) >= 11 is 0. The summed E-state index contributed by atoms with van der Waals surface area (Å²) < 4.78 is 0. The Morgan fingerprint density at radius 3 is 0.531 bits per heavy atom. The van der Waals surface area contributed by atoms with Gasteiger partial charge in [0, 0.05) is 0 Å². The summed E-state index contributed by atoms with van der Waals surface area (Å²) in [7, 11) is 0. The van der Waals surface area contributed by atoms with E-state index in [1.807, 2.05) is 0 Å². The molecule has 0 nitrogen and oxygen atoms in total. The normalized spacial score (nSPS) is 34.5. The molecule has 2 atom stereocenters. The smallest absolute Gasteiger partial charge is 0.0383 e. The molecule has 0 spiro atoms. The van der Waals surface area contributed by atoms with Gasteiger partial charge in [0.05, 0.1) is 0 Å². The molecule has 8 aliphatic carbocycles. The van der Waals surface area contributed by atoms with E-state index in [-0.39, 0.29) is 0 Å². The van der Waals surface area contributed by atoms with Crippen LogP contribution in [0.1, 0.15) is 180 Å². The van der Waals surface area contributed by atoms with Gasteiger partial charge in [-0.15, -0.1) is 0 Å². The number of fused-ring (bicyclic) bond motifs is 2. The molecule has 188 valence electrons. The molecular formula is C32H60. The molecular weight excluding hydrogens is 384 g/mol. The highest BCUT2D eigenvalue weighted by Gasteiger charge is 2.40. The van der Waals surface area contributed by atoms with E-state index >= 15 is 0 Å². The Balaban J connectivity index is 0.000000111. The number of rotatable bonds is 0. The van der Waals surface area contributed by atoms with Gasteiger partial charge in [-0.1, -0.05) is 173 Å². The van der Waals surface area contributed by atoms with Gasteiger partial charge in [0.2, 0.25) is 0 Å². The molecule has 0 heteroatoms. The molecule has 0 amide bonds. The fraction of sp³-hybridized carbons (Fsp3) is 1.00. The van der Waals surface area contributed by atoms with E-state index in [1.54, 1.807) is 44.9 Å². The van der Waals surface area contributed by atoms with Gasteiger partial charge >= 0.3 is 0 Å². The number of hydrogen-bond donors (Lipinski definition) is 0. The first kappa shape index (κ1) is 26.6. The van der Waals surface area contributed by atoms with E-state index in [4.69, 9.17) is 0 Å². The van der Waals surface area contributed by atoms with Crippen molar-refractivity contribution in [2.45, 2.75) is 180 Å². The molecule has 0 bridgehead atoms. The lowest BCUT2D eigenvalue weighted by molar-refractivity contribution is 0.457. The van der Waals surface area contributed by atoms with Crippen molar-refractivity contribution in [2.75, 3.05) is 0 Å². The molecule has 0 aliphatic heterocycles. The number of hydrogen-bond acceptors (Lipinski definition) is 0. The van der Waals surface area contributed by atoms with Crippen LogP contribution in [0.2, 0.25) is 0 Å². The molecule has 0 N–H and O–H groups in total. The minimum atomic E-state index is 1.18. The predicted molar refractivity (Wildman–Crippen MR) is 143 cm³/mol. The average Bonchev–Trinajstić information content (AvgIpc) is 3.51. The molecule has 0 aromatic rings. The standard InChI is InChI=1S/C8H14.C6H10.C6H12.C5H10.C4H8.C3H6/c1-3-7-5-2-6-8(7)4-1;1-2-5-4-6(5)3-1;1-2-4-6-5-3-1;1-2-4-5-3-1;1-2-4-3-1;1-2-3-1/h7-8H,1-6H2;5-6H,1-4H2;1-6H2;1-5H2;1-4H2;1-3H2. The molecule has 0 saturated heterocycles. The maximum atomic E-state index is 1.58. The summed E-state index contributed by atoms with van der Waals surface area (Å²) in [6.07, 6.45) is 42.6. The van der Waals surface area contributed by atoms with Crippen molar-refractivity contribution in [1.29, 1.82) is 0 Å². The summed E-state index contributed by atoms with van der Waals surface area (Å²) in [5.74, 6) is 4.78. The zero-order chi connectivity index (χ0) is 22.1. The van der Waals surface area contributed by atoms with Gasteiger partial charge < -0.3 is 0 Å². The highest BCUT2D eigenvalue weighted by Crippen LogP contribution is 2.51. The third kappa shape index (κ3) is 13.0. The second-order valence-corrected chi connectivity index (χ2v) is 12.4. The lowest BCUT2D eigenvalue weighted by Crippen LogP contribution is -1.95. The van der Waals surface area contributed by atoms with Crippen LogP contribution < -0.4 is 0 Å². The van der Waals surface area contributed by atoms with Crippen molar-refractivity contribution in [3.05, 3.63) is 0 Å². The summed E-state index contributed by atoms with van der Waals surface area (Å²) in [6.45, 7) is 0. The van der Waals surface area contributed by atoms with E-state index < -0.39 is 0 Å². The monoisotopic (exact) mass is 444 g/mol. The van der Waals surface area contributed by atoms with E-state index in [1.165, 1.54) is 159 Å². The molecule has 32 heavy (non-hydrogen) atoms. The van der Waals surface area contributed by atoms with Crippen LogP contribution in [-0.4, -0.2) is 0 Å². The van der Waals surface area contributed by atoms with Crippen LogP contribution in [0.4, 0.5) is 0 Å². The van der Waals surface area contributed by atoms with Crippen LogP contribution in [0.5, 0.6) is 0 Å². The van der Waals surface area contributed by atoms with E-state index in [0.29, 0.717) is 0 Å². The molecule has 8 aliphatic rings. The second kappa shape index (κ2) is 17.4. The lowest BCUT2D eigenvalue weighted by atomic mass is 10.0. The summed E-state index contributed by atoms with van der Waals surface area (Å²) in [5, 5.41) is 0. The molecule has 0 aromatic carbocycles. The Hall–Kier alpha value is 0. The molecule has 8 fully saturated rings. The zero-order valence-corrected chi connectivity index (χ0v) is 22.1. The van der Waals surface area contributed by atoms with Gasteiger partial charge in [-0.25, -0.2) is 0 Å². The van der Waals surface area contributed by atoms with Crippen LogP contribution >= 0.6 is 0 Å². The van der Waals surface area contributed by atoms with Crippen molar-refractivity contribution < 1.29 is 0 Å². The van der Waals surface area contributed by atoms with Gasteiger partial charge in [-0.05, 0) is 30.1 Å². The van der Waals surface area contributed by atoms with Crippen LogP contribution in [0.3, 0.4) is 0 Å². The maximum absolute atomic E-state index is 1.58. The van der Waals surface area contributed by atoms with Gasteiger partial charge in [-0.3, -0.25) is 0 Å². The molecule has 0 radical (unpaired) electrons. The fourth-order valence-corrected chi connectivity index (χ4v) is 6.37. The Morgan fingerprint density at radius 1 is 0.188 bits per heavy atom. The second-order valence-electron chi connectivity index (χ2n) is 12.4. The first-order valence-corrected chi connectivity index (χ1v) is 15.9. The summed E-state index contributed by atoms with van der Waals surface area (Å²) in [6, 6.07) is 0. The van der Waals surface area contributed by atoms with Crippen molar-refractivity contribution >= 4 is 0 Å². The van der Waals surface area contributed by atoms with Gasteiger partial charge in [0.15, 0.2) is 0 Å². The van der Waals surface area contributed by atoms with Crippen LogP contribution in [0.15, 0.2) is 0 Å². The molecule has 0 aromatic heterocycles. The summed E-state index contributed by atoms with van der Waals surface area (Å²) in [5.41, 5.74) is 0. The molecule has 8 rings (SSSR count).